The highest BCUT2D eigenvalue weighted by atomic mass is 35.5. The third-order valence-corrected chi connectivity index (χ3v) is 3.67. The number of esters is 1. The van der Waals surface area contributed by atoms with Crippen molar-refractivity contribution >= 4 is 17.6 Å². The van der Waals surface area contributed by atoms with Gasteiger partial charge in [0.15, 0.2) is 23.6 Å². The minimum absolute atomic E-state index is 0.120. The van der Waals surface area contributed by atoms with Crippen LogP contribution in [-0.2, 0) is 9.53 Å². The molecule has 0 fully saturated rings. The fourth-order valence-corrected chi connectivity index (χ4v) is 2.50. The molecular formula is C17H10ClF4NO2. The summed E-state index contributed by atoms with van der Waals surface area (Å²) in [4.78, 5) is 11.4. The summed E-state index contributed by atoms with van der Waals surface area (Å²) in [6, 6.07) is 6.60. The van der Waals surface area contributed by atoms with Gasteiger partial charge in [0.05, 0.1) is 16.7 Å². The molecule has 0 N–H and O–H groups in total. The van der Waals surface area contributed by atoms with Gasteiger partial charge in [0.2, 0.25) is 0 Å². The van der Waals surface area contributed by atoms with Crippen LogP contribution in [-0.4, -0.2) is 5.97 Å². The van der Waals surface area contributed by atoms with E-state index in [2.05, 4.69) is 0 Å². The Balaban J connectivity index is 2.66. The lowest BCUT2D eigenvalue weighted by atomic mass is 9.89. The maximum atomic E-state index is 14.3. The van der Waals surface area contributed by atoms with Crippen LogP contribution in [0.4, 0.5) is 17.6 Å². The highest BCUT2D eigenvalue weighted by Gasteiger charge is 2.35. The molecule has 0 amide bonds. The van der Waals surface area contributed by atoms with E-state index in [1.807, 2.05) is 0 Å². The number of hydrogen-bond acceptors (Lipinski definition) is 3. The summed E-state index contributed by atoms with van der Waals surface area (Å²) in [7, 11) is 0. The number of carbonyl (C=O) groups is 1. The molecule has 0 saturated heterocycles. The molecule has 0 saturated carbocycles. The first-order chi connectivity index (χ1) is 11.8. The first-order valence-electron chi connectivity index (χ1n) is 6.91. The standard InChI is InChI=1S/C17H10ClF4NO2/c1-8(24)25-17(11(7-23)9-2-4-10(19)5-3-9)14-15(21)12(18)6-13(20)16(14)22/h2-6,11,17H,1H3. The van der Waals surface area contributed by atoms with Crippen molar-refractivity contribution in [1.29, 1.82) is 5.26 Å². The monoisotopic (exact) mass is 371 g/mol. The Kier molecular flexibility index (Phi) is 5.65. The molecule has 130 valence electrons. The highest BCUT2D eigenvalue weighted by Crippen LogP contribution is 2.39. The summed E-state index contributed by atoms with van der Waals surface area (Å²) < 4.78 is 60.1. The molecule has 2 rings (SSSR count). The van der Waals surface area contributed by atoms with Crippen molar-refractivity contribution < 1.29 is 27.1 Å². The number of ether oxygens (including phenoxy) is 1. The van der Waals surface area contributed by atoms with E-state index in [0.717, 1.165) is 19.1 Å². The number of halogens is 5. The van der Waals surface area contributed by atoms with Crippen LogP contribution in [0.2, 0.25) is 5.02 Å². The lowest BCUT2D eigenvalue weighted by Gasteiger charge is -2.24. The van der Waals surface area contributed by atoms with Crippen molar-refractivity contribution in [2.24, 2.45) is 0 Å². The molecule has 0 radical (unpaired) electrons. The van der Waals surface area contributed by atoms with Crippen molar-refractivity contribution in [2.45, 2.75) is 18.9 Å². The van der Waals surface area contributed by atoms with E-state index >= 15 is 0 Å². The Labute approximate surface area is 145 Å². The normalized spacial score (nSPS) is 13.0. The highest BCUT2D eigenvalue weighted by molar-refractivity contribution is 6.30. The van der Waals surface area contributed by atoms with Crippen molar-refractivity contribution in [2.75, 3.05) is 0 Å². The minimum atomic E-state index is -1.82. The lowest BCUT2D eigenvalue weighted by Crippen LogP contribution is -2.20. The SMILES string of the molecule is CC(=O)OC(c1c(F)c(F)cc(Cl)c1F)C(C#N)c1ccc(F)cc1. The Morgan fingerprint density at radius 2 is 1.76 bits per heavy atom. The maximum Gasteiger partial charge on any atom is 0.303 e. The van der Waals surface area contributed by atoms with Crippen LogP contribution in [0.25, 0.3) is 0 Å². The van der Waals surface area contributed by atoms with Crippen molar-refractivity contribution in [3.8, 4) is 6.07 Å². The largest absolute Gasteiger partial charge is 0.456 e. The van der Waals surface area contributed by atoms with E-state index in [4.69, 9.17) is 16.3 Å². The van der Waals surface area contributed by atoms with Crippen molar-refractivity contribution in [1.82, 2.24) is 0 Å². The van der Waals surface area contributed by atoms with Gasteiger partial charge in [-0.25, -0.2) is 17.6 Å². The second kappa shape index (κ2) is 7.53. The summed E-state index contributed by atoms with van der Waals surface area (Å²) in [5.41, 5.74) is -0.870. The number of nitrogens with zero attached hydrogens (tertiary/aromatic N) is 1. The van der Waals surface area contributed by atoms with Crippen molar-refractivity contribution in [3.05, 3.63) is 69.8 Å². The molecule has 0 bridgehead atoms. The van der Waals surface area contributed by atoms with Crippen LogP contribution in [0.1, 0.15) is 30.1 Å². The van der Waals surface area contributed by atoms with Crippen LogP contribution >= 0.6 is 11.6 Å². The lowest BCUT2D eigenvalue weighted by molar-refractivity contribution is -0.147. The van der Waals surface area contributed by atoms with Crippen LogP contribution in [0.5, 0.6) is 0 Å². The molecule has 0 aromatic heterocycles. The average molecular weight is 372 g/mol. The van der Waals surface area contributed by atoms with E-state index in [0.29, 0.717) is 6.07 Å². The van der Waals surface area contributed by atoms with Gasteiger partial charge in [0, 0.05) is 6.92 Å². The Hall–Kier alpha value is -2.59. The molecule has 2 aromatic rings. The number of benzene rings is 2. The fourth-order valence-electron chi connectivity index (χ4n) is 2.30. The first kappa shape index (κ1) is 18.7. The van der Waals surface area contributed by atoms with Crippen LogP contribution in [0, 0.1) is 34.6 Å². The predicted octanol–water partition coefficient (Wildman–Crippen LogP) is 4.81. The Morgan fingerprint density at radius 3 is 2.28 bits per heavy atom. The molecule has 3 nitrogen and oxygen atoms in total. The number of nitriles is 1. The van der Waals surface area contributed by atoms with Crippen LogP contribution in [0.15, 0.2) is 30.3 Å². The second-order valence-corrected chi connectivity index (χ2v) is 5.48. The maximum absolute atomic E-state index is 14.3. The van der Waals surface area contributed by atoms with E-state index < -0.39 is 51.8 Å². The topological polar surface area (TPSA) is 50.1 Å². The molecule has 2 atom stereocenters. The Morgan fingerprint density at radius 1 is 1.16 bits per heavy atom. The predicted molar refractivity (Wildman–Crippen MR) is 80.6 cm³/mol. The van der Waals surface area contributed by atoms with E-state index in [9.17, 15) is 27.6 Å². The van der Waals surface area contributed by atoms with Gasteiger partial charge in [-0.15, -0.1) is 0 Å². The van der Waals surface area contributed by atoms with E-state index in [1.54, 1.807) is 6.07 Å². The molecule has 2 unspecified atom stereocenters. The quantitative estimate of drug-likeness (QED) is 0.440. The zero-order chi connectivity index (χ0) is 18.7. The zero-order valence-corrected chi connectivity index (χ0v) is 13.5. The summed E-state index contributed by atoms with van der Waals surface area (Å²) in [6.07, 6.45) is -1.82. The van der Waals surface area contributed by atoms with Crippen LogP contribution < -0.4 is 0 Å². The number of carbonyl (C=O) groups excluding carboxylic acids is 1. The van der Waals surface area contributed by atoms with E-state index in [1.165, 1.54) is 12.1 Å². The fraction of sp³-hybridized carbons (Fsp3) is 0.176. The molecule has 25 heavy (non-hydrogen) atoms. The van der Waals surface area contributed by atoms with Gasteiger partial charge in [-0.3, -0.25) is 4.79 Å². The van der Waals surface area contributed by atoms with Gasteiger partial charge >= 0.3 is 5.97 Å². The summed E-state index contributed by atoms with van der Waals surface area (Å²) in [5.74, 6) is -7.42. The molecule has 2 aromatic carbocycles. The molecule has 0 aliphatic heterocycles. The van der Waals surface area contributed by atoms with Gasteiger partial charge in [0.25, 0.3) is 0 Å². The third kappa shape index (κ3) is 3.91. The molecule has 0 heterocycles. The van der Waals surface area contributed by atoms with Crippen LogP contribution in [0.3, 0.4) is 0 Å². The smallest absolute Gasteiger partial charge is 0.303 e. The van der Waals surface area contributed by atoms with E-state index in [-0.39, 0.29) is 5.56 Å². The van der Waals surface area contributed by atoms with Crippen molar-refractivity contribution in [3.63, 3.8) is 0 Å². The molecule has 8 heteroatoms. The zero-order valence-electron chi connectivity index (χ0n) is 12.7. The van der Waals surface area contributed by atoms with Gasteiger partial charge in [-0.2, -0.15) is 5.26 Å². The summed E-state index contributed by atoms with van der Waals surface area (Å²) in [6.45, 7) is 0.961. The van der Waals surface area contributed by atoms with Gasteiger partial charge < -0.3 is 4.74 Å². The molecule has 0 aliphatic rings. The van der Waals surface area contributed by atoms with Gasteiger partial charge in [0.1, 0.15) is 11.7 Å². The average Bonchev–Trinajstić information content (AvgIpc) is 2.55. The number of rotatable bonds is 4. The number of hydrogen-bond donors (Lipinski definition) is 0. The summed E-state index contributed by atoms with van der Waals surface area (Å²) in [5, 5.41) is 8.67. The molecule has 0 spiro atoms. The third-order valence-electron chi connectivity index (χ3n) is 3.39. The molecule has 0 aliphatic carbocycles. The Bertz CT molecular complexity index is 823. The first-order valence-corrected chi connectivity index (χ1v) is 7.29. The van der Waals surface area contributed by atoms with Gasteiger partial charge in [-0.05, 0) is 23.8 Å². The minimum Gasteiger partial charge on any atom is -0.456 e. The van der Waals surface area contributed by atoms with Gasteiger partial charge in [-0.1, -0.05) is 23.7 Å². The molecular weight excluding hydrogens is 362 g/mol. The summed E-state index contributed by atoms with van der Waals surface area (Å²) >= 11 is 5.53. The second-order valence-electron chi connectivity index (χ2n) is 5.07.